The number of methoxy groups -OCH3 is 2. The van der Waals surface area contributed by atoms with Crippen molar-refractivity contribution in [2.75, 3.05) is 20.0 Å². The Morgan fingerprint density at radius 2 is 1.80 bits per heavy atom. The van der Waals surface area contributed by atoms with Gasteiger partial charge >= 0.3 is 0 Å². The topological polar surface area (TPSA) is 75.2 Å². The van der Waals surface area contributed by atoms with E-state index in [0.29, 0.717) is 17.4 Å². The van der Waals surface area contributed by atoms with E-state index < -0.39 is 0 Å². The number of anilines is 1. The Hall–Kier alpha value is -2.76. The van der Waals surface area contributed by atoms with Crippen molar-refractivity contribution < 1.29 is 9.47 Å². The maximum Gasteiger partial charge on any atom is 0.205 e. The first-order valence-corrected chi connectivity index (χ1v) is 6.04. The Bertz CT molecular complexity index is 745. The molecule has 0 saturated carbocycles. The molecule has 2 heterocycles. The summed E-state index contributed by atoms with van der Waals surface area (Å²) >= 11 is 0. The summed E-state index contributed by atoms with van der Waals surface area (Å²) in [6.45, 7) is 0. The number of nitrogen functional groups attached to an aromatic ring is 1. The van der Waals surface area contributed by atoms with Crippen LogP contribution in [0.3, 0.4) is 0 Å². The van der Waals surface area contributed by atoms with Crippen LogP contribution in [0.15, 0.2) is 36.7 Å². The van der Waals surface area contributed by atoms with Gasteiger partial charge in [-0.15, -0.1) is 0 Å². The first-order valence-electron chi connectivity index (χ1n) is 6.04. The van der Waals surface area contributed by atoms with E-state index in [1.54, 1.807) is 32.7 Å². The highest BCUT2D eigenvalue weighted by molar-refractivity contribution is 5.80. The van der Waals surface area contributed by atoms with Gasteiger partial charge in [-0.1, -0.05) is 0 Å². The van der Waals surface area contributed by atoms with E-state index in [0.717, 1.165) is 16.7 Å². The molecule has 0 amide bonds. The Labute approximate surface area is 115 Å². The van der Waals surface area contributed by atoms with E-state index in [4.69, 9.17) is 15.2 Å². The number of hydrogen-bond donors (Lipinski definition) is 1. The van der Waals surface area contributed by atoms with Crippen LogP contribution < -0.4 is 15.2 Å². The average molecular weight is 270 g/mol. The maximum atomic E-state index is 6.01. The van der Waals surface area contributed by atoms with Crippen molar-refractivity contribution in [3.8, 4) is 17.2 Å². The summed E-state index contributed by atoms with van der Waals surface area (Å²) in [5.74, 6) is 1.77. The fourth-order valence-corrected chi connectivity index (χ4v) is 2.14. The van der Waals surface area contributed by atoms with Gasteiger partial charge in [0.15, 0.2) is 0 Å². The third-order valence-electron chi connectivity index (χ3n) is 3.08. The van der Waals surface area contributed by atoms with Crippen LogP contribution in [0.2, 0.25) is 0 Å². The van der Waals surface area contributed by atoms with Crippen molar-refractivity contribution in [1.82, 2.24) is 14.5 Å². The maximum absolute atomic E-state index is 6.01. The molecule has 2 N–H and O–H groups in total. The zero-order valence-corrected chi connectivity index (χ0v) is 11.2. The SMILES string of the molecule is COc1cc(OC)cc(-n2c(N)nc3cnccc32)c1. The fraction of sp³-hybridized carbons (Fsp3) is 0.143. The molecule has 0 aliphatic heterocycles. The number of rotatable bonds is 3. The Balaban J connectivity index is 2.27. The molecule has 3 aromatic rings. The number of nitrogens with zero attached hydrogens (tertiary/aromatic N) is 3. The summed E-state index contributed by atoms with van der Waals surface area (Å²) in [6, 6.07) is 7.42. The largest absolute Gasteiger partial charge is 0.497 e. The number of fused-ring (bicyclic) bond motifs is 1. The summed E-state index contributed by atoms with van der Waals surface area (Å²) in [7, 11) is 3.22. The number of nitrogens with two attached hydrogens (primary N) is 1. The summed E-state index contributed by atoms with van der Waals surface area (Å²) in [6.07, 6.45) is 3.39. The van der Waals surface area contributed by atoms with Crippen molar-refractivity contribution in [1.29, 1.82) is 0 Å². The predicted octanol–water partition coefficient (Wildman–Crippen LogP) is 2.02. The summed E-state index contributed by atoms with van der Waals surface area (Å²) < 4.78 is 12.4. The van der Waals surface area contributed by atoms with Crippen LogP contribution >= 0.6 is 0 Å². The summed E-state index contributed by atoms with van der Waals surface area (Å²) in [5.41, 5.74) is 8.46. The van der Waals surface area contributed by atoms with Crippen LogP contribution in [-0.2, 0) is 0 Å². The Morgan fingerprint density at radius 1 is 1.10 bits per heavy atom. The first-order chi connectivity index (χ1) is 9.72. The number of pyridine rings is 1. The minimum atomic E-state index is 0.392. The molecular weight excluding hydrogens is 256 g/mol. The molecule has 0 bridgehead atoms. The Morgan fingerprint density at radius 3 is 2.45 bits per heavy atom. The molecular formula is C14H14N4O2. The number of hydrogen-bond acceptors (Lipinski definition) is 5. The van der Waals surface area contributed by atoms with Gasteiger partial charge in [-0.3, -0.25) is 9.55 Å². The van der Waals surface area contributed by atoms with E-state index in [-0.39, 0.29) is 0 Å². The second-order valence-corrected chi connectivity index (χ2v) is 4.24. The first kappa shape index (κ1) is 12.3. The van der Waals surface area contributed by atoms with Crippen molar-refractivity contribution in [2.45, 2.75) is 0 Å². The molecule has 0 unspecified atom stereocenters. The van der Waals surface area contributed by atoms with Gasteiger partial charge in [0.1, 0.15) is 17.0 Å². The van der Waals surface area contributed by atoms with Gasteiger partial charge in [0, 0.05) is 24.4 Å². The molecule has 0 atom stereocenters. The zero-order valence-electron chi connectivity index (χ0n) is 11.2. The molecule has 3 rings (SSSR count). The van der Waals surface area contributed by atoms with Crippen LogP contribution in [-0.4, -0.2) is 28.8 Å². The Kier molecular flexibility index (Phi) is 2.90. The molecule has 6 heteroatoms. The molecule has 6 nitrogen and oxygen atoms in total. The van der Waals surface area contributed by atoms with Crippen molar-refractivity contribution >= 4 is 17.0 Å². The highest BCUT2D eigenvalue weighted by Gasteiger charge is 2.12. The second kappa shape index (κ2) is 4.73. The van der Waals surface area contributed by atoms with Crippen molar-refractivity contribution in [3.63, 3.8) is 0 Å². The molecule has 20 heavy (non-hydrogen) atoms. The standard InChI is InChI=1S/C14H14N4O2/c1-19-10-5-9(6-11(7-10)20-2)18-13-3-4-16-8-12(13)17-14(18)15/h3-8H,1-2H3,(H2,15,17). The average Bonchev–Trinajstić information content (AvgIpc) is 2.82. The molecule has 0 aliphatic rings. The van der Waals surface area contributed by atoms with Crippen LogP contribution in [0.1, 0.15) is 0 Å². The lowest BCUT2D eigenvalue weighted by Gasteiger charge is -2.11. The second-order valence-electron chi connectivity index (χ2n) is 4.24. The lowest BCUT2D eigenvalue weighted by atomic mass is 10.2. The third-order valence-corrected chi connectivity index (χ3v) is 3.08. The molecule has 0 spiro atoms. The van der Waals surface area contributed by atoms with Gasteiger partial charge in [-0.2, -0.15) is 0 Å². The summed E-state index contributed by atoms with van der Waals surface area (Å²) in [4.78, 5) is 8.34. The van der Waals surface area contributed by atoms with Gasteiger partial charge in [0.05, 0.1) is 31.6 Å². The highest BCUT2D eigenvalue weighted by Crippen LogP contribution is 2.29. The summed E-state index contributed by atoms with van der Waals surface area (Å²) in [5, 5.41) is 0. The normalized spacial score (nSPS) is 10.7. The predicted molar refractivity (Wildman–Crippen MR) is 76.4 cm³/mol. The highest BCUT2D eigenvalue weighted by atomic mass is 16.5. The smallest absolute Gasteiger partial charge is 0.205 e. The van der Waals surface area contributed by atoms with Crippen LogP contribution in [0.25, 0.3) is 16.7 Å². The minimum Gasteiger partial charge on any atom is -0.497 e. The number of imidazole rings is 1. The van der Waals surface area contributed by atoms with Crippen molar-refractivity contribution in [3.05, 3.63) is 36.7 Å². The van der Waals surface area contributed by atoms with E-state index in [1.807, 2.05) is 22.8 Å². The van der Waals surface area contributed by atoms with Gasteiger partial charge in [-0.05, 0) is 6.07 Å². The molecule has 2 aromatic heterocycles. The van der Waals surface area contributed by atoms with Crippen LogP contribution in [0, 0.1) is 0 Å². The lowest BCUT2D eigenvalue weighted by molar-refractivity contribution is 0.394. The van der Waals surface area contributed by atoms with Gasteiger partial charge in [0.25, 0.3) is 0 Å². The van der Waals surface area contributed by atoms with Crippen molar-refractivity contribution in [2.24, 2.45) is 0 Å². The van der Waals surface area contributed by atoms with E-state index in [1.165, 1.54) is 0 Å². The third kappa shape index (κ3) is 1.91. The van der Waals surface area contributed by atoms with E-state index in [2.05, 4.69) is 9.97 Å². The number of aromatic nitrogens is 3. The molecule has 0 radical (unpaired) electrons. The minimum absolute atomic E-state index is 0.392. The fourth-order valence-electron chi connectivity index (χ4n) is 2.14. The van der Waals surface area contributed by atoms with Gasteiger partial charge in [-0.25, -0.2) is 4.98 Å². The van der Waals surface area contributed by atoms with Gasteiger partial charge < -0.3 is 15.2 Å². The molecule has 1 aromatic carbocycles. The molecule has 0 saturated heterocycles. The van der Waals surface area contributed by atoms with E-state index >= 15 is 0 Å². The number of ether oxygens (including phenoxy) is 2. The molecule has 102 valence electrons. The zero-order chi connectivity index (χ0) is 14.1. The van der Waals surface area contributed by atoms with Crippen LogP contribution in [0.5, 0.6) is 11.5 Å². The quantitative estimate of drug-likeness (QED) is 0.788. The van der Waals surface area contributed by atoms with Crippen LogP contribution in [0.4, 0.5) is 5.95 Å². The molecule has 0 fully saturated rings. The number of benzene rings is 1. The molecule has 0 aliphatic carbocycles. The lowest BCUT2D eigenvalue weighted by Crippen LogP contribution is -2.01. The van der Waals surface area contributed by atoms with Gasteiger partial charge in [0.2, 0.25) is 5.95 Å². The van der Waals surface area contributed by atoms with E-state index in [9.17, 15) is 0 Å². The monoisotopic (exact) mass is 270 g/mol.